The van der Waals surface area contributed by atoms with Crippen LogP contribution in [0.5, 0.6) is 0 Å². The van der Waals surface area contributed by atoms with Gasteiger partial charge in [0.2, 0.25) is 5.95 Å². The maximum atomic E-state index is 10.6. The fourth-order valence-electron chi connectivity index (χ4n) is 3.25. The van der Waals surface area contributed by atoms with Gasteiger partial charge in [0.15, 0.2) is 5.65 Å². The Morgan fingerprint density at radius 1 is 1.00 bits per heavy atom. The molecule has 2 atom stereocenters. The van der Waals surface area contributed by atoms with Gasteiger partial charge in [0, 0.05) is 25.2 Å². The van der Waals surface area contributed by atoms with E-state index < -0.39 is 6.10 Å². The van der Waals surface area contributed by atoms with E-state index in [0.717, 1.165) is 24.6 Å². The molecule has 0 radical (unpaired) electrons. The molecule has 1 aliphatic rings. The van der Waals surface area contributed by atoms with Crippen LogP contribution in [0.3, 0.4) is 0 Å². The molecule has 3 heterocycles. The Hall–Kier alpha value is -2.40. The zero-order chi connectivity index (χ0) is 14.9. The molecular weight excluding hydrogens is 276 g/mol. The first kappa shape index (κ1) is 13.3. The van der Waals surface area contributed by atoms with E-state index in [9.17, 15) is 5.11 Å². The maximum Gasteiger partial charge on any atom is 0.231 e. The first-order chi connectivity index (χ1) is 10.8. The lowest BCUT2D eigenvalue weighted by Gasteiger charge is -2.36. The third kappa shape index (κ3) is 2.23. The van der Waals surface area contributed by atoms with E-state index >= 15 is 0 Å². The van der Waals surface area contributed by atoms with Gasteiger partial charge < -0.3 is 10.0 Å². The number of aliphatic hydroxyl groups excluding tert-OH is 1. The van der Waals surface area contributed by atoms with Gasteiger partial charge in [-0.3, -0.25) is 4.40 Å². The summed E-state index contributed by atoms with van der Waals surface area (Å²) < 4.78 is 1.97. The number of rotatable bonds is 2. The second kappa shape index (κ2) is 5.42. The van der Waals surface area contributed by atoms with Gasteiger partial charge in [-0.05, 0) is 24.1 Å². The molecule has 2 aromatic heterocycles. The van der Waals surface area contributed by atoms with Crippen molar-refractivity contribution in [2.45, 2.75) is 18.4 Å². The largest absolute Gasteiger partial charge is 0.391 e. The molecule has 22 heavy (non-hydrogen) atoms. The minimum atomic E-state index is -0.396. The van der Waals surface area contributed by atoms with E-state index in [2.05, 4.69) is 27.2 Å². The standard InChI is InChI=1S/C17H18N4O/c22-15-12-20(11-9-14(15)13-6-2-1-3-7-13)17-19-18-16-8-4-5-10-21(16)17/h1-8,10,14-15,22H,9,11-12H2/t14-,15-/m1/s1. The van der Waals surface area contributed by atoms with E-state index in [1.807, 2.05) is 47.0 Å². The van der Waals surface area contributed by atoms with Crippen molar-refractivity contribution < 1.29 is 5.11 Å². The van der Waals surface area contributed by atoms with Crippen molar-refractivity contribution >= 4 is 11.6 Å². The Morgan fingerprint density at radius 3 is 2.64 bits per heavy atom. The molecule has 0 unspecified atom stereocenters. The third-order valence-electron chi connectivity index (χ3n) is 4.39. The zero-order valence-electron chi connectivity index (χ0n) is 12.2. The fraction of sp³-hybridized carbons (Fsp3) is 0.294. The molecule has 0 amide bonds. The van der Waals surface area contributed by atoms with Gasteiger partial charge in [-0.15, -0.1) is 10.2 Å². The summed E-state index contributed by atoms with van der Waals surface area (Å²) in [5.41, 5.74) is 2.04. The van der Waals surface area contributed by atoms with E-state index in [-0.39, 0.29) is 5.92 Å². The Labute approximate surface area is 128 Å². The molecule has 1 saturated heterocycles. The van der Waals surface area contributed by atoms with Crippen molar-refractivity contribution in [1.29, 1.82) is 0 Å². The molecule has 0 bridgehead atoms. The van der Waals surface area contributed by atoms with Crippen LogP contribution in [0, 0.1) is 0 Å². The molecule has 1 aliphatic heterocycles. The second-order valence-corrected chi connectivity index (χ2v) is 5.75. The summed E-state index contributed by atoms with van der Waals surface area (Å²) in [4.78, 5) is 2.12. The van der Waals surface area contributed by atoms with E-state index in [1.54, 1.807) is 0 Å². The monoisotopic (exact) mass is 294 g/mol. The second-order valence-electron chi connectivity index (χ2n) is 5.75. The predicted molar refractivity (Wildman–Crippen MR) is 85.0 cm³/mol. The minimum Gasteiger partial charge on any atom is -0.391 e. The van der Waals surface area contributed by atoms with Crippen LogP contribution in [0.15, 0.2) is 54.7 Å². The predicted octanol–water partition coefficient (Wildman–Crippen LogP) is 2.08. The highest BCUT2D eigenvalue weighted by atomic mass is 16.3. The number of aromatic nitrogens is 3. The van der Waals surface area contributed by atoms with Gasteiger partial charge in [0.1, 0.15) is 0 Å². The molecule has 0 saturated carbocycles. The van der Waals surface area contributed by atoms with Crippen LogP contribution in [0.2, 0.25) is 0 Å². The molecule has 4 rings (SSSR count). The van der Waals surface area contributed by atoms with Crippen LogP contribution in [-0.4, -0.2) is 38.9 Å². The Balaban J connectivity index is 1.58. The highest BCUT2D eigenvalue weighted by Crippen LogP contribution is 2.30. The van der Waals surface area contributed by atoms with Crippen molar-refractivity contribution in [3.8, 4) is 0 Å². The number of aliphatic hydroxyl groups is 1. The number of anilines is 1. The summed E-state index contributed by atoms with van der Waals surface area (Å²) in [6.07, 6.45) is 2.47. The third-order valence-corrected chi connectivity index (χ3v) is 4.39. The van der Waals surface area contributed by atoms with Crippen molar-refractivity contribution in [3.63, 3.8) is 0 Å². The lowest BCUT2D eigenvalue weighted by Crippen LogP contribution is -2.43. The Bertz CT molecular complexity index is 770. The number of pyridine rings is 1. The fourth-order valence-corrected chi connectivity index (χ4v) is 3.25. The van der Waals surface area contributed by atoms with Crippen molar-refractivity contribution in [2.24, 2.45) is 0 Å². The molecular formula is C17H18N4O. The first-order valence-corrected chi connectivity index (χ1v) is 7.60. The van der Waals surface area contributed by atoms with Gasteiger partial charge in [-0.2, -0.15) is 0 Å². The number of hydrogen-bond acceptors (Lipinski definition) is 4. The lowest BCUT2D eigenvalue weighted by atomic mass is 9.87. The molecule has 1 aromatic carbocycles. The van der Waals surface area contributed by atoms with Crippen molar-refractivity contribution in [3.05, 3.63) is 60.3 Å². The molecule has 5 nitrogen and oxygen atoms in total. The van der Waals surface area contributed by atoms with E-state index in [4.69, 9.17) is 0 Å². The van der Waals surface area contributed by atoms with Crippen LogP contribution in [0.1, 0.15) is 17.9 Å². The summed E-state index contributed by atoms with van der Waals surface area (Å²) in [6.45, 7) is 1.45. The van der Waals surface area contributed by atoms with Gasteiger partial charge in [0.05, 0.1) is 6.10 Å². The molecule has 0 aliphatic carbocycles. The molecule has 1 fully saturated rings. The van der Waals surface area contributed by atoms with Crippen molar-refractivity contribution in [2.75, 3.05) is 18.0 Å². The molecule has 5 heteroatoms. The lowest BCUT2D eigenvalue weighted by molar-refractivity contribution is 0.129. The van der Waals surface area contributed by atoms with Crippen LogP contribution < -0.4 is 4.90 Å². The van der Waals surface area contributed by atoms with Gasteiger partial charge in [-0.25, -0.2) is 0 Å². The van der Waals surface area contributed by atoms with Crippen LogP contribution in [0.4, 0.5) is 5.95 Å². The summed E-state index contributed by atoms with van der Waals surface area (Å²) in [6, 6.07) is 16.1. The molecule has 0 spiro atoms. The average molecular weight is 294 g/mol. The summed E-state index contributed by atoms with van der Waals surface area (Å²) in [5.74, 6) is 0.998. The smallest absolute Gasteiger partial charge is 0.231 e. The highest BCUT2D eigenvalue weighted by molar-refractivity contribution is 5.47. The number of hydrogen-bond donors (Lipinski definition) is 1. The topological polar surface area (TPSA) is 53.7 Å². The van der Waals surface area contributed by atoms with Crippen LogP contribution in [0.25, 0.3) is 5.65 Å². The Morgan fingerprint density at radius 2 is 1.82 bits per heavy atom. The number of benzene rings is 1. The minimum absolute atomic E-state index is 0.191. The highest BCUT2D eigenvalue weighted by Gasteiger charge is 2.30. The van der Waals surface area contributed by atoms with Gasteiger partial charge in [-0.1, -0.05) is 36.4 Å². The van der Waals surface area contributed by atoms with E-state index in [1.165, 1.54) is 5.56 Å². The number of piperidine rings is 1. The maximum absolute atomic E-state index is 10.6. The van der Waals surface area contributed by atoms with E-state index in [0.29, 0.717) is 6.54 Å². The zero-order valence-corrected chi connectivity index (χ0v) is 12.2. The van der Waals surface area contributed by atoms with Gasteiger partial charge >= 0.3 is 0 Å². The number of fused-ring (bicyclic) bond motifs is 1. The van der Waals surface area contributed by atoms with Gasteiger partial charge in [0.25, 0.3) is 0 Å². The summed E-state index contributed by atoms with van der Waals surface area (Å²) in [5, 5.41) is 19.0. The van der Waals surface area contributed by atoms with Crippen LogP contribution >= 0.6 is 0 Å². The molecule has 3 aromatic rings. The number of β-amino-alcohol motifs (C(OH)–C–C–N with tert-alkyl or cyclic N) is 1. The SMILES string of the molecule is O[C@@H]1CN(c2nnc3ccccn23)CC[C@@H]1c1ccccc1. The molecule has 112 valence electrons. The number of nitrogens with zero attached hydrogens (tertiary/aromatic N) is 4. The normalized spacial score (nSPS) is 22.1. The summed E-state index contributed by atoms with van der Waals surface area (Å²) in [7, 11) is 0. The Kier molecular flexibility index (Phi) is 3.27. The van der Waals surface area contributed by atoms with Crippen molar-refractivity contribution in [1.82, 2.24) is 14.6 Å². The van der Waals surface area contributed by atoms with Crippen LogP contribution in [-0.2, 0) is 0 Å². The quantitative estimate of drug-likeness (QED) is 0.786. The average Bonchev–Trinajstić information content (AvgIpc) is 2.99. The first-order valence-electron chi connectivity index (χ1n) is 7.60. The molecule has 1 N–H and O–H groups in total. The summed E-state index contributed by atoms with van der Waals surface area (Å²) >= 11 is 0.